The van der Waals surface area contributed by atoms with E-state index in [1.807, 2.05) is 19.1 Å². The fourth-order valence-electron chi connectivity index (χ4n) is 1.82. The Kier molecular flexibility index (Phi) is 6.05. The summed E-state index contributed by atoms with van der Waals surface area (Å²) in [4.78, 5) is 23.4. The molecule has 0 heterocycles. The van der Waals surface area contributed by atoms with E-state index in [4.69, 9.17) is 4.74 Å². The van der Waals surface area contributed by atoms with Gasteiger partial charge in [0.1, 0.15) is 5.78 Å². The zero-order chi connectivity index (χ0) is 13.5. The second kappa shape index (κ2) is 7.31. The Morgan fingerprint density at radius 1 is 1.28 bits per heavy atom. The average molecular weight is 313 g/mol. The molecule has 0 aliphatic carbocycles. The van der Waals surface area contributed by atoms with Crippen LogP contribution in [0.25, 0.3) is 0 Å². The lowest BCUT2D eigenvalue weighted by Crippen LogP contribution is -2.14. The van der Waals surface area contributed by atoms with Crippen molar-refractivity contribution < 1.29 is 14.3 Å². The molecule has 98 valence electrons. The Morgan fingerprint density at radius 3 is 2.56 bits per heavy atom. The molecule has 0 saturated carbocycles. The van der Waals surface area contributed by atoms with Crippen molar-refractivity contribution in [1.29, 1.82) is 0 Å². The van der Waals surface area contributed by atoms with Crippen LogP contribution in [0.4, 0.5) is 0 Å². The maximum atomic E-state index is 11.9. The highest BCUT2D eigenvalue weighted by atomic mass is 79.9. The summed E-state index contributed by atoms with van der Waals surface area (Å²) in [5, 5.41) is 0.299. The van der Waals surface area contributed by atoms with Crippen molar-refractivity contribution >= 4 is 27.7 Å². The highest BCUT2D eigenvalue weighted by Gasteiger charge is 2.17. The molecule has 0 aromatic heterocycles. The molecule has 4 heteroatoms. The second-order valence-electron chi connectivity index (χ2n) is 3.87. The number of ketones is 1. The summed E-state index contributed by atoms with van der Waals surface area (Å²) < 4.78 is 5.02. The van der Waals surface area contributed by atoms with Gasteiger partial charge in [0.05, 0.1) is 17.5 Å². The van der Waals surface area contributed by atoms with Gasteiger partial charge in [-0.1, -0.05) is 35.0 Å². The first-order valence-corrected chi connectivity index (χ1v) is 7.11. The molecule has 0 bridgehead atoms. The SMILES string of the molecule is CCOC(=O)c1cccc(CC)c1CC(=O)CBr. The Hall–Kier alpha value is -1.16. The Balaban J connectivity index is 3.15. The van der Waals surface area contributed by atoms with Crippen LogP contribution in [0.15, 0.2) is 18.2 Å². The number of benzene rings is 1. The third kappa shape index (κ3) is 3.67. The van der Waals surface area contributed by atoms with E-state index in [0.717, 1.165) is 17.5 Å². The molecule has 0 amide bonds. The largest absolute Gasteiger partial charge is 0.462 e. The molecular formula is C14H17BrO3. The first kappa shape index (κ1) is 14.9. The van der Waals surface area contributed by atoms with Gasteiger partial charge in [0.25, 0.3) is 0 Å². The van der Waals surface area contributed by atoms with Gasteiger partial charge in [0.15, 0.2) is 0 Å². The first-order chi connectivity index (χ1) is 8.63. The maximum Gasteiger partial charge on any atom is 0.338 e. The van der Waals surface area contributed by atoms with E-state index in [1.54, 1.807) is 13.0 Å². The normalized spacial score (nSPS) is 10.2. The predicted molar refractivity (Wildman–Crippen MR) is 74.3 cm³/mol. The lowest BCUT2D eigenvalue weighted by molar-refractivity contribution is -0.115. The number of ether oxygens (including phenoxy) is 1. The molecule has 0 radical (unpaired) electrons. The van der Waals surface area contributed by atoms with E-state index in [1.165, 1.54) is 0 Å². The third-order valence-electron chi connectivity index (χ3n) is 2.67. The summed E-state index contributed by atoms with van der Waals surface area (Å²) in [6, 6.07) is 5.49. The van der Waals surface area contributed by atoms with Gasteiger partial charge in [0.2, 0.25) is 0 Å². The molecule has 1 rings (SSSR count). The van der Waals surface area contributed by atoms with Crippen LogP contribution in [0.3, 0.4) is 0 Å². The molecular weight excluding hydrogens is 296 g/mol. The number of hydrogen-bond donors (Lipinski definition) is 0. The number of esters is 1. The molecule has 0 spiro atoms. The number of Topliss-reactive ketones (excluding diaryl/α,β-unsaturated/α-hetero) is 1. The fourth-order valence-corrected chi connectivity index (χ4v) is 2.02. The van der Waals surface area contributed by atoms with Crippen molar-refractivity contribution in [2.24, 2.45) is 0 Å². The van der Waals surface area contributed by atoms with E-state index in [9.17, 15) is 9.59 Å². The van der Waals surface area contributed by atoms with Crippen molar-refractivity contribution in [3.63, 3.8) is 0 Å². The molecule has 0 fully saturated rings. The Bertz CT molecular complexity index is 441. The Labute approximate surface area is 116 Å². The minimum absolute atomic E-state index is 0.0569. The molecule has 0 aliphatic heterocycles. The van der Waals surface area contributed by atoms with Crippen LogP contribution in [0.2, 0.25) is 0 Å². The number of carbonyl (C=O) groups is 2. The van der Waals surface area contributed by atoms with Crippen LogP contribution in [-0.2, 0) is 22.4 Å². The maximum absolute atomic E-state index is 11.9. The summed E-state index contributed by atoms with van der Waals surface area (Å²) in [6.07, 6.45) is 1.06. The van der Waals surface area contributed by atoms with Crippen LogP contribution < -0.4 is 0 Å². The number of hydrogen-bond acceptors (Lipinski definition) is 3. The summed E-state index contributed by atoms with van der Waals surface area (Å²) in [6.45, 7) is 4.11. The van der Waals surface area contributed by atoms with Gasteiger partial charge in [-0.3, -0.25) is 4.79 Å². The molecule has 18 heavy (non-hydrogen) atoms. The molecule has 0 atom stereocenters. The van der Waals surface area contributed by atoms with Crippen LogP contribution in [0.1, 0.15) is 35.3 Å². The van der Waals surface area contributed by atoms with Gasteiger partial charge >= 0.3 is 5.97 Å². The average Bonchev–Trinajstić information content (AvgIpc) is 2.38. The standard InChI is InChI=1S/C14H17BrO3/c1-3-10-6-5-7-12(14(17)18-4-2)13(10)8-11(16)9-15/h5-7H,3-4,8-9H2,1-2H3. The number of alkyl halides is 1. The lowest BCUT2D eigenvalue weighted by Gasteiger charge is -2.12. The number of rotatable bonds is 6. The minimum atomic E-state index is -0.356. The zero-order valence-electron chi connectivity index (χ0n) is 10.7. The molecule has 0 saturated heterocycles. The van der Waals surface area contributed by atoms with E-state index in [2.05, 4.69) is 15.9 Å². The zero-order valence-corrected chi connectivity index (χ0v) is 12.2. The van der Waals surface area contributed by atoms with Gasteiger partial charge in [0, 0.05) is 6.42 Å². The van der Waals surface area contributed by atoms with Crippen molar-refractivity contribution in [3.05, 3.63) is 34.9 Å². The number of halogens is 1. The summed E-state index contributed by atoms with van der Waals surface area (Å²) in [5.74, 6) is -0.299. The minimum Gasteiger partial charge on any atom is -0.462 e. The fraction of sp³-hybridized carbons (Fsp3) is 0.429. The van der Waals surface area contributed by atoms with Crippen LogP contribution >= 0.6 is 15.9 Å². The number of aryl methyl sites for hydroxylation is 1. The molecule has 0 aliphatic rings. The second-order valence-corrected chi connectivity index (χ2v) is 4.43. The monoisotopic (exact) mass is 312 g/mol. The van der Waals surface area contributed by atoms with Gasteiger partial charge in [-0.05, 0) is 30.5 Å². The highest BCUT2D eigenvalue weighted by molar-refractivity contribution is 9.09. The number of carbonyl (C=O) groups excluding carboxylic acids is 2. The molecule has 1 aromatic rings. The van der Waals surface area contributed by atoms with Gasteiger partial charge < -0.3 is 4.74 Å². The third-order valence-corrected chi connectivity index (χ3v) is 3.30. The van der Waals surface area contributed by atoms with Crippen LogP contribution in [0, 0.1) is 0 Å². The quantitative estimate of drug-likeness (QED) is 0.599. The first-order valence-electron chi connectivity index (χ1n) is 5.99. The molecule has 3 nitrogen and oxygen atoms in total. The van der Waals surface area contributed by atoms with E-state index < -0.39 is 0 Å². The van der Waals surface area contributed by atoms with E-state index in [-0.39, 0.29) is 18.2 Å². The van der Waals surface area contributed by atoms with Gasteiger partial charge in [-0.25, -0.2) is 4.79 Å². The van der Waals surface area contributed by atoms with Crippen molar-refractivity contribution in [3.8, 4) is 0 Å². The summed E-state index contributed by atoms with van der Waals surface area (Å²) in [5.41, 5.74) is 2.32. The highest BCUT2D eigenvalue weighted by Crippen LogP contribution is 2.18. The van der Waals surface area contributed by atoms with Crippen molar-refractivity contribution in [1.82, 2.24) is 0 Å². The van der Waals surface area contributed by atoms with Gasteiger partial charge in [-0.2, -0.15) is 0 Å². The molecule has 0 N–H and O–H groups in total. The summed E-state index contributed by atoms with van der Waals surface area (Å²) in [7, 11) is 0. The van der Waals surface area contributed by atoms with E-state index in [0.29, 0.717) is 17.5 Å². The van der Waals surface area contributed by atoms with E-state index >= 15 is 0 Å². The topological polar surface area (TPSA) is 43.4 Å². The van der Waals surface area contributed by atoms with Crippen LogP contribution in [0.5, 0.6) is 0 Å². The molecule has 1 aromatic carbocycles. The summed E-state index contributed by atoms with van der Waals surface area (Å²) >= 11 is 3.15. The predicted octanol–water partition coefficient (Wildman–Crippen LogP) is 2.93. The molecule has 0 unspecified atom stereocenters. The smallest absolute Gasteiger partial charge is 0.338 e. The van der Waals surface area contributed by atoms with Crippen molar-refractivity contribution in [2.75, 3.05) is 11.9 Å². The van der Waals surface area contributed by atoms with Crippen LogP contribution in [-0.4, -0.2) is 23.7 Å². The van der Waals surface area contributed by atoms with Gasteiger partial charge in [-0.15, -0.1) is 0 Å². The van der Waals surface area contributed by atoms with Crippen molar-refractivity contribution in [2.45, 2.75) is 26.7 Å². The Morgan fingerprint density at radius 2 is 2.00 bits per heavy atom. The lowest BCUT2D eigenvalue weighted by atomic mass is 9.95.